The molecule has 0 amide bonds. The molecule has 3 aromatic carbocycles. The Morgan fingerprint density at radius 1 is 1.00 bits per heavy atom. The lowest BCUT2D eigenvalue weighted by Gasteiger charge is -2.45. The first-order valence-corrected chi connectivity index (χ1v) is 14.0. The number of piperidine rings is 1. The number of nitrogens with zero attached hydrogens (tertiary/aromatic N) is 2. The molecule has 1 unspecified atom stereocenters. The number of hydrogen-bond donors (Lipinski definition) is 1. The molecular weight excluding hydrogens is 541 g/mol. The summed E-state index contributed by atoms with van der Waals surface area (Å²) in [6.45, 7) is 6.73. The number of ether oxygens (including phenoxy) is 1. The molecule has 9 heteroatoms. The maximum absolute atomic E-state index is 13.4. The summed E-state index contributed by atoms with van der Waals surface area (Å²) in [5.74, 6) is 7.44. The van der Waals surface area contributed by atoms with Crippen molar-refractivity contribution in [1.82, 2.24) is 5.01 Å². The molecule has 3 aromatic rings. The van der Waals surface area contributed by atoms with Gasteiger partial charge in [-0.25, -0.2) is 13.4 Å². The minimum absolute atomic E-state index is 0. The van der Waals surface area contributed by atoms with Crippen molar-refractivity contribution in [2.45, 2.75) is 63.0 Å². The fraction of sp³-hybridized carbons (Fsp3) is 0.379. The Labute approximate surface area is 240 Å². The van der Waals surface area contributed by atoms with Crippen LogP contribution in [0.3, 0.4) is 0 Å². The van der Waals surface area contributed by atoms with Crippen molar-refractivity contribution in [2.75, 3.05) is 17.9 Å². The Bertz CT molecular complexity index is 1290. The Kier molecular flexibility index (Phi) is 11.1. The van der Waals surface area contributed by atoms with E-state index in [1.807, 2.05) is 74.3 Å². The molecule has 0 saturated carbocycles. The summed E-state index contributed by atoms with van der Waals surface area (Å²) >= 11 is 0. The molecule has 0 spiro atoms. The first-order valence-electron chi connectivity index (χ1n) is 12.6. The van der Waals surface area contributed by atoms with Crippen LogP contribution in [0.5, 0.6) is 5.75 Å². The highest BCUT2D eigenvalue weighted by molar-refractivity contribution is 7.92. The summed E-state index contributed by atoms with van der Waals surface area (Å²) in [5, 5.41) is 1.96. The van der Waals surface area contributed by atoms with Crippen molar-refractivity contribution in [1.29, 1.82) is 0 Å². The van der Waals surface area contributed by atoms with E-state index in [1.165, 1.54) is 4.31 Å². The smallest absolute Gasteiger partial charge is 0.264 e. The number of hydrogen-bond acceptors (Lipinski definition) is 5. The second kappa shape index (κ2) is 13.2. The van der Waals surface area contributed by atoms with Gasteiger partial charge < -0.3 is 4.74 Å². The van der Waals surface area contributed by atoms with Gasteiger partial charge >= 0.3 is 0 Å². The molecule has 1 aliphatic heterocycles. The molecule has 1 saturated heterocycles. The molecule has 4 rings (SSSR count). The lowest BCUT2D eigenvalue weighted by molar-refractivity contribution is 0.0417. The van der Waals surface area contributed by atoms with Gasteiger partial charge in [-0.2, -0.15) is 0 Å². The van der Waals surface area contributed by atoms with Crippen LogP contribution in [0, 0.1) is 6.92 Å². The maximum Gasteiger partial charge on any atom is 0.264 e. The van der Waals surface area contributed by atoms with Crippen molar-refractivity contribution in [2.24, 2.45) is 5.84 Å². The number of hydrazine groups is 1. The second-order valence-corrected chi connectivity index (χ2v) is 11.9. The van der Waals surface area contributed by atoms with E-state index in [0.717, 1.165) is 48.2 Å². The summed E-state index contributed by atoms with van der Waals surface area (Å²) in [5.41, 5.74) is 3.30. The molecule has 1 heterocycles. The monoisotopic (exact) mass is 579 g/mol. The summed E-state index contributed by atoms with van der Waals surface area (Å²) in [7, 11) is -2.12. The molecule has 2 N–H and O–H groups in total. The van der Waals surface area contributed by atoms with Crippen LogP contribution in [0.25, 0.3) is 0 Å². The molecule has 208 valence electrons. The Morgan fingerprint density at radius 2 is 1.66 bits per heavy atom. The van der Waals surface area contributed by atoms with Crippen LogP contribution in [0.4, 0.5) is 5.69 Å². The normalized spacial score (nSPS) is 17.8. The zero-order valence-corrected chi connectivity index (χ0v) is 24.9. The first kappa shape index (κ1) is 31.9. The number of sulfonamides is 1. The average Bonchev–Trinajstić information content (AvgIpc) is 2.86. The van der Waals surface area contributed by atoms with Crippen molar-refractivity contribution < 1.29 is 13.2 Å². The highest BCUT2D eigenvalue weighted by atomic mass is 35.5. The van der Waals surface area contributed by atoms with Crippen molar-refractivity contribution in [3.8, 4) is 5.75 Å². The van der Waals surface area contributed by atoms with Crippen LogP contribution in [-0.4, -0.2) is 33.1 Å². The lowest BCUT2D eigenvalue weighted by Crippen LogP contribution is -2.54. The van der Waals surface area contributed by atoms with E-state index in [0.29, 0.717) is 12.1 Å². The molecule has 6 nitrogen and oxygen atoms in total. The van der Waals surface area contributed by atoms with Gasteiger partial charge in [0.2, 0.25) is 0 Å². The number of benzene rings is 3. The molecule has 0 aliphatic carbocycles. The molecule has 0 radical (unpaired) electrons. The highest BCUT2D eigenvalue weighted by Crippen LogP contribution is 2.41. The lowest BCUT2D eigenvalue weighted by atomic mass is 9.77. The summed E-state index contributed by atoms with van der Waals surface area (Å²) in [4.78, 5) is 0.265. The van der Waals surface area contributed by atoms with Gasteiger partial charge in [0, 0.05) is 13.6 Å². The van der Waals surface area contributed by atoms with E-state index in [4.69, 9.17) is 10.6 Å². The SMILES string of the molecule is Cc1ccc(S(=O)(=O)N(C)c2ccc(OC(C)C)c(CC3(c4ccccc4)CCCCN3N)c2)cc1.Cl.Cl. The molecular formula is C29H39Cl2N3O3S. The van der Waals surface area contributed by atoms with E-state index >= 15 is 0 Å². The Morgan fingerprint density at radius 3 is 2.26 bits per heavy atom. The minimum Gasteiger partial charge on any atom is -0.491 e. The van der Waals surface area contributed by atoms with Crippen molar-refractivity contribution in [3.63, 3.8) is 0 Å². The Balaban J connectivity index is 0.00000253. The average molecular weight is 581 g/mol. The first-order chi connectivity index (χ1) is 17.1. The third kappa shape index (κ3) is 6.64. The number of halogens is 2. The van der Waals surface area contributed by atoms with E-state index in [1.54, 1.807) is 19.2 Å². The number of aryl methyl sites for hydroxylation is 1. The largest absolute Gasteiger partial charge is 0.491 e. The van der Waals surface area contributed by atoms with Crippen LogP contribution in [0.1, 0.15) is 49.8 Å². The summed E-state index contributed by atoms with van der Waals surface area (Å²) in [6, 6.07) is 22.9. The van der Waals surface area contributed by atoms with Crippen molar-refractivity contribution in [3.05, 3.63) is 89.5 Å². The molecule has 1 atom stereocenters. The third-order valence-electron chi connectivity index (χ3n) is 7.03. The predicted octanol–water partition coefficient (Wildman–Crippen LogP) is 6.25. The van der Waals surface area contributed by atoms with Crippen molar-refractivity contribution >= 4 is 40.5 Å². The fourth-order valence-corrected chi connectivity index (χ4v) is 6.19. The van der Waals surface area contributed by atoms with Gasteiger partial charge in [-0.05, 0) is 87.9 Å². The predicted molar refractivity (Wildman–Crippen MR) is 160 cm³/mol. The van der Waals surface area contributed by atoms with E-state index in [2.05, 4.69) is 12.1 Å². The molecule has 0 bridgehead atoms. The molecule has 1 aliphatic rings. The number of rotatable bonds is 8. The van der Waals surface area contributed by atoms with E-state index in [-0.39, 0.29) is 35.8 Å². The summed E-state index contributed by atoms with van der Waals surface area (Å²) < 4.78 is 34.4. The topological polar surface area (TPSA) is 75.9 Å². The quantitative estimate of drug-likeness (QED) is 0.319. The van der Waals surface area contributed by atoms with Gasteiger partial charge in [-0.3, -0.25) is 10.1 Å². The minimum atomic E-state index is -3.72. The number of anilines is 1. The highest BCUT2D eigenvalue weighted by Gasteiger charge is 2.40. The fourth-order valence-electron chi connectivity index (χ4n) is 5.00. The van der Waals surface area contributed by atoms with E-state index in [9.17, 15) is 8.42 Å². The standard InChI is InChI=1S/C29H37N3O3S.2ClH/c1-22(2)35-28-17-14-26(31(4)36(33,34)27-15-12-23(3)13-16-27)20-24(28)21-29(18-8-9-19-32(29)30)25-10-6-5-7-11-25;;/h5-7,10-17,20,22H,8-9,18-19,21,30H2,1-4H3;2*1H. The van der Waals surface area contributed by atoms with Gasteiger partial charge in [-0.15, -0.1) is 24.8 Å². The Hall–Kier alpha value is -2.29. The van der Waals surface area contributed by atoms with Crippen LogP contribution in [0.2, 0.25) is 0 Å². The molecule has 1 fully saturated rings. The van der Waals surface area contributed by atoms with Gasteiger partial charge in [0.1, 0.15) is 5.75 Å². The van der Waals surface area contributed by atoms with Gasteiger partial charge in [0.05, 0.1) is 22.2 Å². The number of nitrogens with two attached hydrogens (primary N) is 1. The zero-order chi connectivity index (χ0) is 25.9. The van der Waals surface area contributed by atoms with Crippen LogP contribution in [-0.2, 0) is 22.0 Å². The second-order valence-electron chi connectivity index (χ2n) is 9.97. The molecule has 38 heavy (non-hydrogen) atoms. The third-order valence-corrected chi connectivity index (χ3v) is 8.83. The van der Waals surface area contributed by atoms with Gasteiger partial charge in [-0.1, -0.05) is 48.0 Å². The van der Waals surface area contributed by atoms with Gasteiger partial charge in [0.15, 0.2) is 0 Å². The van der Waals surface area contributed by atoms with Gasteiger partial charge in [0.25, 0.3) is 10.0 Å². The maximum atomic E-state index is 13.4. The van der Waals surface area contributed by atoms with Crippen LogP contribution < -0.4 is 14.9 Å². The van der Waals surface area contributed by atoms with Crippen LogP contribution in [0.15, 0.2) is 77.7 Å². The van der Waals surface area contributed by atoms with Crippen LogP contribution >= 0.6 is 24.8 Å². The van der Waals surface area contributed by atoms with E-state index < -0.39 is 15.6 Å². The zero-order valence-electron chi connectivity index (χ0n) is 22.5. The summed E-state index contributed by atoms with van der Waals surface area (Å²) in [6.07, 6.45) is 3.64. The molecule has 0 aromatic heterocycles.